The molecule has 0 heterocycles. The van der Waals surface area contributed by atoms with Crippen LogP contribution >= 0.6 is 11.6 Å². The van der Waals surface area contributed by atoms with Gasteiger partial charge in [0.2, 0.25) is 11.8 Å². The van der Waals surface area contributed by atoms with Crippen molar-refractivity contribution < 1.29 is 14.4 Å². The smallest absolute Gasteiger partial charge is 0.318 e. The van der Waals surface area contributed by atoms with Crippen LogP contribution in [0.15, 0.2) is 48.5 Å². The molecule has 0 aliphatic heterocycles. The van der Waals surface area contributed by atoms with Crippen molar-refractivity contribution >= 4 is 40.8 Å². The van der Waals surface area contributed by atoms with Crippen molar-refractivity contribution in [3.63, 3.8) is 0 Å². The number of halogens is 1. The number of rotatable bonds is 6. The maximum Gasteiger partial charge on any atom is 0.318 e. The Morgan fingerprint density at radius 3 is 2.22 bits per heavy atom. The molecule has 0 aliphatic rings. The molecule has 4 N–H and O–H groups in total. The van der Waals surface area contributed by atoms with E-state index in [1.807, 2.05) is 0 Å². The van der Waals surface area contributed by atoms with Crippen LogP contribution < -0.4 is 21.3 Å². The number of anilines is 2. The molecule has 0 fully saturated rings. The Kier molecular flexibility index (Phi) is 7.19. The van der Waals surface area contributed by atoms with E-state index in [1.54, 1.807) is 48.5 Å². The minimum atomic E-state index is -0.480. The van der Waals surface area contributed by atoms with Crippen molar-refractivity contribution in [2.75, 3.05) is 17.7 Å². The zero-order valence-corrected chi connectivity index (χ0v) is 15.8. The SMILES string of the molecule is CNC(=O)Nc1cccc(NC(=O)CC(NC(C)=O)c2ccc(Cl)cc2)c1. The van der Waals surface area contributed by atoms with Crippen LogP contribution in [0, 0.1) is 0 Å². The third-order valence-electron chi connectivity index (χ3n) is 3.67. The maximum atomic E-state index is 12.4. The summed E-state index contributed by atoms with van der Waals surface area (Å²) in [6, 6.07) is 12.9. The number of carbonyl (C=O) groups excluding carboxylic acids is 3. The lowest BCUT2D eigenvalue weighted by Gasteiger charge is -2.18. The first-order valence-corrected chi connectivity index (χ1v) is 8.66. The summed E-state index contributed by atoms with van der Waals surface area (Å²) in [6.45, 7) is 1.40. The van der Waals surface area contributed by atoms with Gasteiger partial charge in [0.25, 0.3) is 0 Å². The highest BCUT2D eigenvalue weighted by molar-refractivity contribution is 6.30. The monoisotopic (exact) mass is 388 g/mol. The third-order valence-corrected chi connectivity index (χ3v) is 3.92. The van der Waals surface area contributed by atoms with Crippen molar-refractivity contribution in [3.05, 3.63) is 59.1 Å². The second-order valence-electron chi connectivity index (χ2n) is 5.84. The molecular formula is C19H21ClN4O3. The van der Waals surface area contributed by atoms with Crippen LogP contribution in [0.5, 0.6) is 0 Å². The number of carbonyl (C=O) groups is 3. The first-order valence-electron chi connectivity index (χ1n) is 8.28. The molecular weight excluding hydrogens is 368 g/mol. The predicted molar refractivity (Wildman–Crippen MR) is 106 cm³/mol. The van der Waals surface area contributed by atoms with Crippen LogP contribution in [0.3, 0.4) is 0 Å². The van der Waals surface area contributed by atoms with Crippen molar-refractivity contribution in [2.45, 2.75) is 19.4 Å². The first-order chi connectivity index (χ1) is 12.9. The Morgan fingerprint density at radius 1 is 1.00 bits per heavy atom. The van der Waals surface area contributed by atoms with Gasteiger partial charge in [-0.3, -0.25) is 9.59 Å². The summed E-state index contributed by atoms with van der Waals surface area (Å²) in [5.74, 6) is -0.514. The number of urea groups is 1. The highest BCUT2D eigenvalue weighted by Gasteiger charge is 2.17. The average Bonchev–Trinajstić information content (AvgIpc) is 2.61. The number of hydrogen-bond acceptors (Lipinski definition) is 3. The fourth-order valence-electron chi connectivity index (χ4n) is 2.46. The van der Waals surface area contributed by atoms with Gasteiger partial charge in [-0.2, -0.15) is 0 Å². The van der Waals surface area contributed by atoms with Gasteiger partial charge in [0, 0.05) is 30.4 Å². The van der Waals surface area contributed by atoms with Gasteiger partial charge in [0.1, 0.15) is 0 Å². The predicted octanol–water partition coefficient (Wildman–Crippen LogP) is 3.30. The Morgan fingerprint density at radius 2 is 1.63 bits per heavy atom. The third kappa shape index (κ3) is 6.63. The molecule has 0 spiro atoms. The van der Waals surface area contributed by atoms with Crippen LogP contribution in [-0.2, 0) is 9.59 Å². The lowest BCUT2D eigenvalue weighted by Crippen LogP contribution is -2.29. The van der Waals surface area contributed by atoms with E-state index in [9.17, 15) is 14.4 Å². The highest BCUT2D eigenvalue weighted by atomic mass is 35.5. The van der Waals surface area contributed by atoms with E-state index < -0.39 is 6.04 Å². The zero-order chi connectivity index (χ0) is 19.8. The minimum absolute atomic E-state index is 0.0499. The number of amides is 4. The first kappa shape index (κ1) is 20.3. The quantitative estimate of drug-likeness (QED) is 0.611. The molecule has 0 saturated heterocycles. The lowest BCUT2D eigenvalue weighted by atomic mass is 10.0. The van der Waals surface area contributed by atoms with Crippen molar-refractivity contribution in [2.24, 2.45) is 0 Å². The number of hydrogen-bond donors (Lipinski definition) is 4. The summed E-state index contributed by atoms with van der Waals surface area (Å²) in [6.07, 6.45) is 0.0499. The van der Waals surface area contributed by atoms with Crippen LogP contribution in [0.4, 0.5) is 16.2 Å². The van der Waals surface area contributed by atoms with Crippen molar-refractivity contribution in [1.82, 2.24) is 10.6 Å². The molecule has 0 aromatic heterocycles. The summed E-state index contributed by atoms with van der Waals surface area (Å²) in [7, 11) is 1.51. The van der Waals surface area contributed by atoms with Gasteiger partial charge in [0.05, 0.1) is 12.5 Å². The molecule has 2 rings (SSSR count). The molecule has 142 valence electrons. The molecule has 2 aromatic carbocycles. The lowest BCUT2D eigenvalue weighted by molar-refractivity contribution is -0.120. The van der Waals surface area contributed by atoms with E-state index in [-0.39, 0.29) is 24.3 Å². The molecule has 7 nitrogen and oxygen atoms in total. The van der Waals surface area contributed by atoms with Crippen LogP contribution in [0.1, 0.15) is 24.9 Å². The van der Waals surface area contributed by atoms with Gasteiger partial charge >= 0.3 is 6.03 Å². The largest absolute Gasteiger partial charge is 0.349 e. The Balaban J connectivity index is 2.07. The van der Waals surface area contributed by atoms with E-state index in [0.717, 1.165) is 5.56 Å². The molecule has 0 radical (unpaired) electrons. The fourth-order valence-corrected chi connectivity index (χ4v) is 2.58. The molecule has 1 unspecified atom stereocenters. The summed E-state index contributed by atoms with van der Waals surface area (Å²) in [4.78, 5) is 35.3. The Labute approximate surface area is 162 Å². The second-order valence-corrected chi connectivity index (χ2v) is 6.28. The average molecular weight is 389 g/mol. The second kappa shape index (κ2) is 9.59. The molecule has 0 saturated carbocycles. The zero-order valence-electron chi connectivity index (χ0n) is 15.0. The molecule has 2 aromatic rings. The molecule has 4 amide bonds. The molecule has 1 atom stereocenters. The molecule has 27 heavy (non-hydrogen) atoms. The molecule has 0 aliphatic carbocycles. The van der Waals surface area contributed by atoms with Gasteiger partial charge in [0.15, 0.2) is 0 Å². The van der Waals surface area contributed by atoms with E-state index in [4.69, 9.17) is 11.6 Å². The summed E-state index contributed by atoms with van der Waals surface area (Å²) < 4.78 is 0. The van der Waals surface area contributed by atoms with Crippen LogP contribution in [-0.4, -0.2) is 24.9 Å². The van der Waals surface area contributed by atoms with Gasteiger partial charge < -0.3 is 21.3 Å². The standard InChI is InChI=1S/C19H21ClN4O3/c1-12(25)22-17(13-6-8-14(20)9-7-13)11-18(26)23-15-4-3-5-16(10-15)24-19(27)21-2/h3-10,17H,11H2,1-2H3,(H,22,25)(H,23,26)(H2,21,24,27). The Hall–Kier alpha value is -3.06. The van der Waals surface area contributed by atoms with E-state index >= 15 is 0 Å². The van der Waals surface area contributed by atoms with Gasteiger partial charge in [-0.15, -0.1) is 0 Å². The van der Waals surface area contributed by atoms with Crippen molar-refractivity contribution in [1.29, 1.82) is 0 Å². The molecule has 0 bridgehead atoms. The fraction of sp³-hybridized carbons (Fsp3) is 0.211. The molecule has 8 heteroatoms. The minimum Gasteiger partial charge on any atom is -0.349 e. The maximum absolute atomic E-state index is 12.4. The number of benzene rings is 2. The Bertz CT molecular complexity index is 824. The summed E-state index contributed by atoms with van der Waals surface area (Å²) in [5, 5.41) is 11.2. The van der Waals surface area contributed by atoms with E-state index in [2.05, 4.69) is 21.3 Å². The normalized spacial score (nSPS) is 11.2. The van der Waals surface area contributed by atoms with E-state index in [0.29, 0.717) is 16.4 Å². The summed E-state index contributed by atoms with van der Waals surface area (Å²) >= 11 is 5.90. The van der Waals surface area contributed by atoms with Crippen LogP contribution in [0.25, 0.3) is 0 Å². The highest BCUT2D eigenvalue weighted by Crippen LogP contribution is 2.21. The number of nitrogens with one attached hydrogen (secondary N) is 4. The topological polar surface area (TPSA) is 99.3 Å². The van der Waals surface area contributed by atoms with E-state index in [1.165, 1.54) is 14.0 Å². The van der Waals surface area contributed by atoms with Gasteiger partial charge in [-0.1, -0.05) is 29.8 Å². The van der Waals surface area contributed by atoms with Crippen molar-refractivity contribution in [3.8, 4) is 0 Å². The van der Waals surface area contributed by atoms with Crippen LogP contribution in [0.2, 0.25) is 5.02 Å². The summed E-state index contributed by atoms with van der Waals surface area (Å²) in [5.41, 5.74) is 1.86. The van der Waals surface area contributed by atoms with Gasteiger partial charge in [-0.05, 0) is 35.9 Å². The van der Waals surface area contributed by atoms with Gasteiger partial charge in [-0.25, -0.2) is 4.79 Å².